The number of aromatic nitrogens is 1. The molecule has 2 aromatic carbocycles. The van der Waals surface area contributed by atoms with Crippen molar-refractivity contribution >= 4 is 43.6 Å². The molecule has 0 unspecified atom stereocenters. The minimum atomic E-state index is -0.629. The molecule has 0 saturated heterocycles. The van der Waals surface area contributed by atoms with E-state index in [1.54, 1.807) is 23.1 Å². The summed E-state index contributed by atoms with van der Waals surface area (Å²) in [6, 6.07) is 15.0. The van der Waals surface area contributed by atoms with Crippen LogP contribution in [0.25, 0.3) is 21.2 Å². The van der Waals surface area contributed by atoms with Crippen molar-refractivity contribution < 1.29 is 9.21 Å². The third-order valence-corrected chi connectivity index (χ3v) is 6.23. The first-order chi connectivity index (χ1) is 15.0. The molecular weight excluding hydrogens is 410 g/mol. The number of thiazole rings is 1. The third-order valence-electron chi connectivity index (χ3n) is 5.18. The maximum Gasteiger partial charge on any atom is 0.349 e. The molecule has 0 saturated carbocycles. The van der Waals surface area contributed by atoms with Gasteiger partial charge in [0.15, 0.2) is 5.13 Å². The number of carbonyl (C=O) groups is 1. The lowest BCUT2D eigenvalue weighted by Crippen LogP contribution is -2.36. The van der Waals surface area contributed by atoms with Gasteiger partial charge in [0.25, 0.3) is 5.91 Å². The molecule has 2 heterocycles. The summed E-state index contributed by atoms with van der Waals surface area (Å²) < 4.78 is 6.44. The molecule has 31 heavy (non-hydrogen) atoms. The van der Waals surface area contributed by atoms with E-state index < -0.39 is 5.63 Å². The first-order valence-corrected chi connectivity index (χ1v) is 11.2. The van der Waals surface area contributed by atoms with Gasteiger partial charge in [0.1, 0.15) is 11.1 Å². The SMILES string of the molecule is CCc1ccc2nc(N(CCCN(C)C)C(=O)c3cc4ccccc4oc3=O)sc2c1. The van der Waals surface area contributed by atoms with Crippen molar-refractivity contribution in [3.05, 3.63) is 70.1 Å². The van der Waals surface area contributed by atoms with Gasteiger partial charge >= 0.3 is 5.63 Å². The maximum atomic E-state index is 13.5. The van der Waals surface area contributed by atoms with Gasteiger partial charge in [0.2, 0.25) is 0 Å². The molecule has 4 rings (SSSR count). The Bertz CT molecular complexity index is 1290. The number of amides is 1. The first-order valence-electron chi connectivity index (χ1n) is 10.3. The van der Waals surface area contributed by atoms with Gasteiger partial charge < -0.3 is 9.32 Å². The Morgan fingerprint density at radius 3 is 2.68 bits per heavy atom. The highest BCUT2D eigenvalue weighted by atomic mass is 32.1. The van der Waals surface area contributed by atoms with Crippen LogP contribution in [0.5, 0.6) is 0 Å². The van der Waals surface area contributed by atoms with Gasteiger partial charge in [-0.15, -0.1) is 0 Å². The van der Waals surface area contributed by atoms with Gasteiger partial charge in [-0.1, -0.05) is 42.5 Å². The molecule has 0 aliphatic heterocycles. The number of aryl methyl sites for hydroxylation is 1. The number of para-hydroxylation sites is 1. The van der Waals surface area contributed by atoms with Gasteiger partial charge in [-0.25, -0.2) is 9.78 Å². The molecule has 0 radical (unpaired) electrons. The van der Waals surface area contributed by atoms with Gasteiger partial charge in [-0.3, -0.25) is 9.69 Å². The first kappa shape index (κ1) is 21.2. The van der Waals surface area contributed by atoms with Gasteiger partial charge in [-0.05, 0) is 63.3 Å². The summed E-state index contributed by atoms with van der Waals surface area (Å²) in [5, 5.41) is 1.31. The van der Waals surface area contributed by atoms with E-state index in [1.807, 2.05) is 32.3 Å². The van der Waals surface area contributed by atoms with Crippen LogP contribution in [0.1, 0.15) is 29.3 Å². The Labute approximate surface area is 184 Å². The van der Waals surface area contributed by atoms with Crippen LogP contribution in [0, 0.1) is 0 Å². The van der Waals surface area contributed by atoms with E-state index in [2.05, 4.69) is 24.0 Å². The number of hydrogen-bond acceptors (Lipinski definition) is 6. The maximum absolute atomic E-state index is 13.5. The fourth-order valence-corrected chi connectivity index (χ4v) is 4.53. The number of anilines is 1. The van der Waals surface area contributed by atoms with E-state index in [0.29, 0.717) is 17.3 Å². The Hall–Kier alpha value is -3.03. The average molecular weight is 436 g/mol. The molecule has 0 N–H and O–H groups in total. The summed E-state index contributed by atoms with van der Waals surface area (Å²) in [4.78, 5) is 34.5. The Kier molecular flexibility index (Phi) is 6.15. The standard InChI is InChI=1S/C24H25N3O3S/c1-4-16-10-11-19-21(14-16)31-24(25-19)27(13-7-12-26(2)3)22(28)18-15-17-8-5-6-9-20(17)30-23(18)29/h5-6,8-11,14-15H,4,7,12-13H2,1-3H3. The van der Waals surface area contributed by atoms with E-state index in [0.717, 1.165) is 35.0 Å². The van der Waals surface area contributed by atoms with Gasteiger partial charge in [-0.2, -0.15) is 0 Å². The van der Waals surface area contributed by atoms with E-state index >= 15 is 0 Å². The molecule has 1 amide bonds. The molecule has 6 nitrogen and oxygen atoms in total. The summed E-state index contributed by atoms with van der Waals surface area (Å²) in [6.07, 6.45) is 1.70. The summed E-state index contributed by atoms with van der Waals surface area (Å²) >= 11 is 1.47. The molecule has 0 atom stereocenters. The monoisotopic (exact) mass is 435 g/mol. The number of hydrogen-bond donors (Lipinski definition) is 0. The highest BCUT2D eigenvalue weighted by molar-refractivity contribution is 7.22. The molecule has 7 heteroatoms. The predicted molar refractivity (Wildman–Crippen MR) is 126 cm³/mol. The zero-order chi connectivity index (χ0) is 22.0. The number of rotatable bonds is 7. The van der Waals surface area contributed by atoms with E-state index in [1.165, 1.54) is 16.9 Å². The summed E-state index contributed by atoms with van der Waals surface area (Å²) in [6.45, 7) is 3.39. The molecule has 4 aromatic rings. The van der Waals surface area contributed by atoms with Gasteiger partial charge in [0, 0.05) is 11.9 Å². The smallest absolute Gasteiger partial charge is 0.349 e. The average Bonchev–Trinajstić information content (AvgIpc) is 3.18. The highest BCUT2D eigenvalue weighted by Crippen LogP contribution is 2.31. The quantitative estimate of drug-likeness (QED) is 0.398. The van der Waals surface area contributed by atoms with Crippen LogP contribution >= 0.6 is 11.3 Å². The third kappa shape index (κ3) is 4.52. The van der Waals surface area contributed by atoms with E-state index in [4.69, 9.17) is 9.40 Å². The van der Waals surface area contributed by atoms with Crippen LogP contribution in [0.15, 0.2) is 57.7 Å². The second-order valence-electron chi connectivity index (χ2n) is 7.75. The van der Waals surface area contributed by atoms with Gasteiger partial charge in [0.05, 0.1) is 10.2 Å². The fraction of sp³-hybridized carbons (Fsp3) is 0.292. The summed E-state index contributed by atoms with van der Waals surface area (Å²) in [5.74, 6) is -0.381. The number of fused-ring (bicyclic) bond motifs is 2. The van der Waals surface area contributed by atoms with Crippen molar-refractivity contribution in [2.45, 2.75) is 19.8 Å². The molecule has 0 spiro atoms. The van der Waals surface area contributed by atoms with Crippen molar-refractivity contribution in [2.24, 2.45) is 0 Å². The fourth-order valence-electron chi connectivity index (χ4n) is 3.48. The van der Waals surface area contributed by atoms with Crippen molar-refractivity contribution in [1.82, 2.24) is 9.88 Å². The van der Waals surface area contributed by atoms with Crippen LogP contribution < -0.4 is 10.5 Å². The molecule has 0 aliphatic rings. The van der Waals surface area contributed by atoms with Crippen LogP contribution in [0.3, 0.4) is 0 Å². The van der Waals surface area contributed by atoms with Crippen LogP contribution in [-0.4, -0.2) is 43.0 Å². The lowest BCUT2D eigenvalue weighted by Gasteiger charge is -2.20. The summed E-state index contributed by atoms with van der Waals surface area (Å²) in [7, 11) is 3.99. The molecule has 0 fully saturated rings. The highest BCUT2D eigenvalue weighted by Gasteiger charge is 2.24. The van der Waals surface area contributed by atoms with Crippen molar-refractivity contribution in [3.63, 3.8) is 0 Å². The second kappa shape index (κ2) is 8.99. The lowest BCUT2D eigenvalue weighted by atomic mass is 10.1. The topological polar surface area (TPSA) is 66.7 Å². The zero-order valence-electron chi connectivity index (χ0n) is 17.9. The second-order valence-corrected chi connectivity index (χ2v) is 8.76. The van der Waals surface area contributed by atoms with Crippen molar-refractivity contribution in [2.75, 3.05) is 32.1 Å². The minimum Gasteiger partial charge on any atom is -0.422 e. The Balaban J connectivity index is 1.75. The van der Waals surface area contributed by atoms with Crippen LogP contribution in [-0.2, 0) is 6.42 Å². The number of carbonyl (C=O) groups excluding carboxylic acids is 1. The summed E-state index contributed by atoms with van der Waals surface area (Å²) in [5.41, 5.74) is 1.94. The van der Waals surface area contributed by atoms with Crippen LogP contribution in [0.4, 0.5) is 5.13 Å². The number of nitrogens with zero attached hydrogens (tertiary/aromatic N) is 3. The minimum absolute atomic E-state index is 0.0251. The molecule has 0 aliphatic carbocycles. The largest absolute Gasteiger partial charge is 0.422 e. The van der Waals surface area contributed by atoms with Crippen molar-refractivity contribution in [1.29, 1.82) is 0 Å². The van der Waals surface area contributed by atoms with E-state index in [9.17, 15) is 9.59 Å². The van der Waals surface area contributed by atoms with Crippen LogP contribution in [0.2, 0.25) is 0 Å². The zero-order valence-corrected chi connectivity index (χ0v) is 18.7. The van der Waals surface area contributed by atoms with Crippen molar-refractivity contribution in [3.8, 4) is 0 Å². The Morgan fingerprint density at radius 2 is 1.90 bits per heavy atom. The predicted octanol–water partition coefficient (Wildman–Crippen LogP) is 4.56. The molecule has 2 aromatic heterocycles. The Morgan fingerprint density at radius 1 is 1.10 bits per heavy atom. The molecule has 0 bridgehead atoms. The molecular formula is C24H25N3O3S. The normalized spacial score (nSPS) is 11.5. The molecule has 160 valence electrons. The van der Waals surface area contributed by atoms with E-state index in [-0.39, 0.29) is 11.5 Å². The lowest BCUT2D eigenvalue weighted by molar-refractivity contribution is 0.0982. The number of benzene rings is 2.